The molecule has 7 heteroatoms. The van der Waals surface area contributed by atoms with Crippen LogP contribution in [0.3, 0.4) is 0 Å². The topological polar surface area (TPSA) is 58.4 Å². The Morgan fingerprint density at radius 2 is 2.11 bits per heavy atom. The molecule has 1 N–H and O–H groups in total. The number of amides is 1. The Balaban J connectivity index is 1.43. The van der Waals surface area contributed by atoms with Crippen molar-refractivity contribution in [3.8, 4) is 10.8 Å². The zero-order valence-corrected chi connectivity index (χ0v) is 17.2. The molecule has 2 atom stereocenters. The standard InChI is InChI=1S/C21H22ClN3O2S/c1-25-14-4-2-5-15(25)11-13(10-14)23-20(26)16-8-12(22)9-17-19(16)24-21(27-17)18-6-3-7-28-18/h3,6-9,13-15H,2,4-5,10-11H2,1H3,(H,23,26). The van der Waals surface area contributed by atoms with Crippen molar-refractivity contribution < 1.29 is 9.21 Å². The van der Waals surface area contributed by atoms with Crippen LogP contribution >= 0.6 is 22.9 Å². The highest BCUT2D eigenvalue weighted by atomic mass is 35.5. The third kappa shape index (κ3) is 3.23. The second-order valence-electron chi connectivity index (χ2n) is 7.84. The summed E-state index contributed by atoms with van der Waals surface area (Å²) in [6.45, 7) is 0. The van der Waals surface area contributed by atoms with Gasteiger partial charge in [0.15, 0.2) is 5.58 Å². The number of carbonyl (C=O) groups is 1. The zero-order chi connectivity index (χ0) is 19.3. The molecule has 28 heavy (non-hydrogen) atoms. The fourth-order valence-electron chi connectivity index (χ4n) is 4.67. The van der Waals surface area contributed by atoms with Crippen LogP contribution in [-0.2, 0) is 0 Å². The smallest absolute Gasteiger partial charge is 0.253 e. The summed E-state index contributed by atoms with van der Waals surface area (Å²) in [6.07, 6.45) is 5.73. The van der Waals surface area contributed by atoms with Gasteiger partial charge >= 0.3 is 0 Å². The van der Waals surface area contributed by atoms with E-state index in [0.717, 1.165) is 17.7 Å². The number of aromatic nitrogens is 1. The molecule has 1 amide bonds. The Bertz CT molecular complexity index is 1000. The Hall–Kier alpha value is -1.89. The van der Waals surface area contributed by atoms with Crippen molar-refractivity contribution in [1.29, 1.82) is 0 Å². The molecule has 5 rings (SSSR count). The van der Waals surface area contributed by atoms with Gasteiger partial charge in [-0.05, 0) is 50.2 Å². The number of nitrogens with one attached hydrogen (secondary N) is 1. The number of halogens is 1. The molecule has 2 aromatic heterocycles. The third-order valence-corrected chi connectivity index (χ3v) is 7.19. The molecule has 1 aromatic carbocycles. The number of nitrogens with zero attached hydrogens (tertiary/aromatic N) is 2. The fraction of sp³-hybridized carbons (Fsp3) is 0.429. The van der Waals surface area contributed by atoms with Gasteiger partial charge in [0.05, 0.1) is 10.4 Å². The molecule has 2 aliphatic rings. The molecule has 146 valence electrons. The summed E-state index contributed by atoms with van der Waals surface area (Å²) in [5.74, 6) is 0.404. The van der Waals surface area contributed by atoms with Crippen molar-refractivity contribution in [2.24, 2.45) is 0 Å². The minimum atomic E-state index is -0.119. The summed E-state index contributed by atoms with van der Waals surface area (Å²) in [5.41, 5.74) is 1.60. The van der Waals surface area contributed by atoms with Crippen LogP contribution in [0.15, 0.2) is 34.1 Å². The van der Waals surface area contributed by atoms with E-state index in [1.807, 2.05) is 17.5 Å². The summed E-state index contributed by atoms with van der Waals surface area (Å²) in [6, 6.07) is 8.63. The lowest BCUT2D eigenvalue weighted by atomic mass is 9.82. The first-order valence-corrected chi connectivity index (χ1v) is 11.0. The third-order valence-electron chi connectivity index (χ3n) is 6.11. The Labute approximate surface area is 172 Å². The van der Waals surface area contributed by atoms with Crippen LogP contribution in [0.25, 0.3) is 21.9 Å². The summed E-state index contributed by atoms with van der Waals surface area (Å²) in [7, 11) is 2.22. The first-order chi connectivity index (χ1) is 13.6. The van der Waals surface area contributed by atoms with Gasteiger partial charge in [-0.1, -0.05) is 24.1 Å². The Morgan fingerprint density at radius 1 is 1.32 bits per heavy atom. The van der Waals surface area contributed by atoms with Gasteiger partial charge in [0.25, 0.3) is 5.91 Å². The van der Waals surface area contributed by atoms with E-state index in [0.29, 0.717) is 39.7 Å². The number of rotatable bonds is 3. The van der Waals surface area contributed by atoms with Crippen LogP contribution in [0.5, 0.6) is 0 Å². The average Bonchev–Trinajstić information content (AvgIpc) is 3.30. The van der Waals surface area contributed by atoms with Gasteiger partial charge in [0.1, 0.15) is 5.52 Å². The molecular weight excluding hydrogens is 394 g/mol. The number of hydrogen-bond acceptors (Lipinski definition) is 5. The maximum atomic E-state index is 13.1. The van der Waals surface area contributed by atoms with E-state index in [1.165, 1.54) is 19.3 Å². The number of benzene rings is 1. The highest BCUT2D eigenvalue weighted by Gasteiger charge is 2.36. The van der Waals surface area contributed by atoms with Gasteiger partial charge in [-0.15, -0.1) is 11.3 Å². The van der Waals surface area contributed by atoms with Crippen LogP contribution in [0.1, 0.15) is 42.5 Å². The highest BCUT2D eigenvalue weighted by molar-refractivity contribution is 7.13. The van der Waals surface area contributed by atoms with E-state index in [4.69, 9.17) is 16.0 Å². The maximum Gasteiger partial charge on any atom is 0.253 e. The van der Waals surface area contributed by atoms with Crippen molar-refractivity contribution in [1.82, 2.24) is 15.2 Å². The van der Waals surface area contributed by atoms with Gasteiger partial charge < -0.3 is 14.6 Å². The molecule has 2 bridgehead atoms. The minimum Gasteiger partial charge on any atom is -0.435 e. The summed E-state index contributed by atoms with van der Waals surface area (Å²) in [5, 5.41) is 5.70. The van der Waals surface area contributed by atoms with E-state index >= 15 is 0 Å². The van der Waals surface area contributed by atoms with Crippen molar-refractivity contribution in [3.05, 3.63) is 40.2 Å². The number of oxazole rings is 1. The monoisotopic (exact) mass is 415 g/mol. The molecule has 0 spiro atoms. The van der Waals surface area contributed by atoms with E-state index in [2.05, 4.69) is 22.2 Å². The predicted octanol–water partition coefficient (Wildman–Crippen LogP) is 4.95. The minimum absolute atomic E-state index is 0.119. The van der Waals surface area contributed by atoms with Crippen LogP contribution < -0.4 is 5.32 Å². The molecule has 0 saturated carbocycles. The van der Waals surface area contributed by atoms with Crippen LogP contribution in [0, 0.1) is 0 Å². The first-order valence-electron chi connectivity index (χ1n) is 9.75. The lowest BCUT2D eigenvalue weighted by Gasteiger charge is -2.47. The van der Waals surface area contributed by atoms with Gasteiger partial charge in [0.2, 0.25) is 5.89 Å². The van der Waals surface area contributed by atoms with Crippen molar-refractivity contribution in [2.75, 3.05) is 7.05 Å². The molecular formula is C21H22ClN3O2S. The van der Waals surface area contributed by atoms with Gasteiger partial charge in [-0.3, -0.25) is 4.79 Å². The zero-order valence-electron chi connectivity index (χ0n) is 15.7. The van der Waals surface area contributed by atoms with Crippen molar-refractivity contribution >= 4 is 39.9 Å². The summed E-state index contributed by atoms with van der Waals surface area (Å²) in [4.78, 5) is 21.1. The maximum absolute atomic E-state index is 13.1. The molecule has 3 aromatic rings. The lowest BCUT2D eigenvalue weighted by molar-refractivity contribution is 0.0463. The fourth-order valence-corrected chi connectivity index (χ4v) is 5.53. The second-order valence-corrected chi connectivity index (χ2v) is 9.23. The molecule has 2 unspecified atom stereocenters. The lowest BCUT2D eigenvalue weighted by Crippen LogP contribution is -2.55. The van der Waals surface area contributed by atoms with Crippen molar-refractivity contribution in [3.63, 3.8) is 0 Å². The van der Waals surface area contributed by atoms with E-state index in [-0.39, 0.29) is 11.9 Å². The molecule has 0 aliphatic carbocycles. The molecule has 2 saturated heterocycles. The van der Waals surface area contributed by atoms with Crippen LogP contribution in [0.4, 0.5) is 0 Å². The van der Waals surface area contributed by atoms with Crippen LogP contribution in [-0.4, -0.2) is 41.0 Å². The quantitative estimate of drug-likeness (QED) is 0.657. The molecule has 2 fully saturated rings. The number of fused-ring (bicyclic) bond motifs is 3. The molecule has 4 heterocycles. The van der Waals surface area contributed by atoms with E-state index < -0.39 is 0 Å². The summed E-state index contributed by atoms with van der Waals surface area (Å²) >= 11 is 7.82. The number of carbonyl (C=O) groups excluding carboxylic acids is 1. The SMILES string of the molecule is CN1C2CCCC1CC(NC(=O)c1cc(Cl)cc3oc(-c4cccs4)nc13)C2. The number of thiophene rings is 1. The van der Waals surface area contributed by atoms with Crippen LogP contribution in [0.2, 0.25) is 5.02 Å². The Kier molecular flexibility index (Phi) is 4.65. The first kappa shape index (κ1) is 18.2. The molecule has 0 radical (unpaired) electrons. The summed E-state index contributed by atoms with van der Waals surface area (Å²) < 4.78 is 5.88. The van der Waals surface area contributed by atoms with Crippen molar-refractivity contribution in [2.45, 2.75) is 50.2 Å². The Morgan fingerprint density at radius 3 is 2.82 bits per heavy atom. The van der Waals surface area contributed by atoms with Gasteiger partial charge in [-0.2, -0.15) is 0 Å². The van der Waals surface area contributed by atoms with Gasteiger partial charge in [-0.25, -0.2) is 4.98 Å². The number of piperidine rings is 2. The highest BCUT2D eigenvalue weighted by Crippen LogP contribution is 2.34. The molecule has 5 nitrogen and oxygen atoms in total. The number of hydrogen-bond donors (Lipinski definition) is 1. The van der Waals surface area contributed by atoms with E-state index in [1.54, 1.807) is 23.5 Å². The second kappa shape index (κ2) is 7.17. The largest absolute Gasteiger partial charge is 0.435 e. The normalized spacial score (nSPS) is 25.1. The predicted molar refractivity (Wildman–Crippen MR) is 112 cm³/mol. The molecule has 2 aliphatic heterocycles. The average molecular weight is 416 g/mol. The van der Waals surface area contributed by atoms with Gasteiger partial charge in [0, 0.05) is 29.2 Å². The van der Waals surface area contributed by atoms with E-state index in [9.17, 15) is 4.79 Å².